The van der Waals surface area contributed by atoms with Crippen LogP contribution in [-0.2, 0) is 32.3 Å². The summed E-state index contributed by atoms with van der Waals surface area (Å²) in [6.45, 7) is 4.69. The van der Waals surface area contributed by atoms with E-state index in [1.807, 2.05) is 18.2 Å². The van der Waals surface area contributed by atoms with E-state index in [1.165, 1.54) is 28.8 Å². The summed E-state index contributed by atoms with van der Waals surface area (Å²) in [7, 11) is 1.74. The number of allylic oxidation sites excluding steroid dienone is 1. The molecule has 0 amide bonds. The number of hydrogen-bond acceptors (Lipinski definition) is 5. The van der Waals surface area contributed by atoms with Gasteiger partial charge in [0.05, 0.1) is 23.1 Å². The number of ether oxygens (including phenoxy) is 2. The van der Waals surface area contributed by atoms with Crippen LogP contribution >= 0.6 is 11.6 Å². The molecular formula is C31H37ClN2O4S. The SMILES string of the molecule is C=C([C@H](Cc1ccccc1)C[C@@H](CNS(=O)(=O)c1ccc(Cl)cc1)OC)N(C)[C@H]1c2ccccc2C[C@@H]1OC. The molecule has 0 bridgehead atoms. The van der Waals surface area contributed by atoms with Crippen LogP contribution in [0, 0.1) is 5.92 Å². The van der Waals surface area contributed by atoms with Crippen LogP contribution < -0.4 is 4.72 Å². The highest BCUT2D eigenvalue weighted by atomic mass is 35.5. The average molecular weight is 569 g/mol. The van der Waals surface area contributed by atoms with E-state index in [9.17, 15) is 8.42 Å². The predicted octanol–water partition coefficient (Wildman–Crippen LogP) is 5.64. The Morgan fingerprint density at radius 1 is 1.05 bits per heavy atom. The second-order valence-corrected chi connectivity index (χ2v) is 12.2. The largest absolute Gasteiger partial charge is 0.380 e. The van der Waals surface area contributed by atoms with Gasteiger partial charge >= 0.3 is 0 Å². The smallest absolute Gasteiger partial charge is 0.240 e. The van der Waals surface area contributed by atoms with Crippen molar-refractivity contribution in [1.82, 2.24) is 9.62 Å². The number of hydrogen-bond donors (Lipinski definition) is 1. The van der Waals surface area contributed by atoms with Crippen molar-refractivity contribution < 1.29 is 17.9 Å². The molecule has 39 heavy (non-hydrogen) atoms. The minimum atomic E-state index is -3.71. The number of rotatable bonds is 13. The molecule has 6 nitrogen and oxygen atoms in total. The van der Waals surface area contributed by atoms with Gasteiger partial charge in [0, 0.05) is 50.9 Å². The normalized spacial score (nSPS) is 18.4. The van der Waals surface area contributed by atoms with Gasteiger partial charge in [-0.25, -0.2) is 13.1 Å². The van der Waals surface area contributed by atoms with E-state index in [-0.39, 0.29) is 35.6 Å². The number of benzene rings is 3. The number of methoxy groups -OCH3 is 2. The third kappa shape index (κ3) is 7.10. The van der Waals surface area contributed by atoms with Crippen LogP contribution in [0.5, 0.6) is 0 Å². The monoisotopic (exact) mass is 568 g/mol. The third-order valence-corrected chi connectivity index (χ3v) is 9.31. The van der Waals surface area contributed by atoms with Crippen molar-refractivity contribution >= 4 is 21.6 Å². The first kappa shape index (κ1) is 29.3. The van der Waals surface area contributed by atoms with Crippen LogP contribution in [0.4, 0.5) is 0 Å². The van der Waals surface area contributed by atoms with Crippen molar-refractivity contribution in [3.05, 3.63) is 113 Å². The first-order chi connectivity index (χ1) is 18.7. The Balaban J connectivity index is 1.53. The third-order valence-electron chi connectivity index (χ3n) is 7.62. The summed E-state index contributed by atoms with van der Waals surface area (Å²) in [5.41, 5.74) is 4.69. The van der Waals surface area contributed by atoms with Gasteiger partial charge in [-0.1, -0.05) is 72.8 Å². The Kier molecular flexibility index (Phi) is 9.86. The Morgan fingerprint density at radius 2 is 1.72 bits per heavy atom. The van der Waals surface area contributed by atoms with Crippen molar-refractivity contribution in [3.63, 3.8) is 0 Å². The molecule has 3 aromatic rings. The lowest BCUT2D eigenvalue weighted by Crippen LogP contribution is -2.38. The summed E-state index contributed by atoms with van der Waals surface area (Å²) in [4.78, 5) is 2.40. The van der Waals surface area contributed by atoms with Gasteiger partial charge in [-0.15, -0.1) is 0 Å². The minimum absolute atomic E-state index is 0.00709. The molecule has 208 valence electrons. The standard InChI is InChI=1S/C31H37ClN2O4S/c1-22(34(2)31-29-13-9-8-12-24(29)20-30(31)38-4)25(18-23-10-6-5-7-11-23)19-27(37-3)21-33-39(35,36)28-16-14-26(32)15-17-28/h5-17,25,27,30-31,33H,1,18-21H2,2-4H3/t25-,27+,30+,31+/m1/s1. The zero-order valence-electron chi connectivity index (χ0n) is 22.7. The highest BCUT2D eigenvalue weighted by molar-refractivity contribution is 7.89. The van der Waals surface area contributed by atoms with Gasteiger partial charge in [0.15, 0.2) is 0 Å². The number of nitrogens with one attached hydrogen (secondary N) is 1. The first-order valence-corrected chi connectivity index (χ1v) is 14.9. The Hall–Kier alpha value is -2.68. The molecule has 0 saturated heterocycles. The van der Waals surface area contributed by atoms with Crippen LogP contribution in [0.1, 0.15) is 29.2 Å². The van der Waals surface area contributed by atoms with Gasteiger partial charge in [0.1, 0.15) is 0 Å². The number of fused-ring (bicyclic) bond motifs is 1. The van der Waals surface area contributed by atoms with Crippen LogP contribution in [0.2, 0.25) is 5.02 Å². The molecule has 1 aliphatic carbocycles. The zero-order chi connectivity index (χ0) is 28.0. The summed E-state index contributed by atoms with van der Waals surface area (Å²) >= 11 is 5.93. The van der Waals surface area contributed by atoms with E-state index < -0.39 is 10.0 Å². The molecule has 4 rings (SSSR count). The van der Waals surface area contributed by atoms with E-state index in [0.717, 1.165) is 18.5 Å². The summed E-state index contributed by atoms with van der Waals surface area (Å²) in [5.74, 6) is 0.00709. The molecule has 0 unspecified atom stereocenters. The predicted molar refractivity (Wildman–Crippen MR) is 156 cm³/mol. The highest BCUT2D eigenvalue weighted by Gasteiger charge is 2.37. The maximum Gasteiger partial charge on any atom is 0.240 e. The second kappa shape index (κ2) is 13.1. The molecule has 0 aromatic heterocycles. The van der Waals surface area contributed by atoms with Gasteiger partial charge in [0.2, 0.25) is 10.0 Å². The lowest BCUT2D eigenvalue weighted by Gasteiger charge is -2.37. The van der Waals surface area contributed by atoms with Crippen LogP contribution in [0.15, 0.2) is 96.0 Å². The van der Waals surface area contributed by atoms with E-state index >= 15 is 0 Å². The van der Waals surface area contributed by atoms with Gasteiger partial charge in [-0.05, 0) is 53.8 Å². The van der Waals surface area contributed by atoms with E-state index in [2.05, 4.69) is 59.6 Å². The Morgan fingerprint density at radius 3 is 2.38 bits per heavy atom. The number of sulfonamides is 1. The summed E-state index contributed by atoms with van der Waals surface area (Å²) in [5, 5.41) is 0.482. The lowest BCUT2D eigenvalue weighted by molar-refractivity contribution is 0.0382. The molecular weight excluding hydrogens is 532 g/mol. The molecule has 1 aliphatic rings. The molecule has 0 heterocycles. The maximum atomic E-state index is 12.9. The van der Waals surface area contributed by atoms with Gasteiger partial charge in [0.25, 0.3) is 0 Å². The van der Waals surface area contributed by atoms with Crippen molar-refractivity contribution in [2.24, 2.45) is 5.92 Å². The Labute approximate surface area is 237 Å². The Bertz CT molecular complexity index is 1350. The van der Waals surface area contributed by atoms with Gasteiger partial charge in [-0.3, -0.25) is 0 Å². The molecule has 4 atom stereocenters. The molecule has 0 radical (unpaired) electrons. The van der Waals surface area contributed by atoms with Crippen LogP contribution in [0.25, 0.3) is 0 Å². The molecule has 0 aliphatic heterocycles. The van der Waals surface area contributed by atoms with Crippen molar-refractivity contribution in [3.8, 4) is 0 Å². The molecule has 0 saturated carbocycles. The number of likely N-dealkylation sites (N-methyl/N-ethyl adjacent to an activating group) is 1. The lowest BCUT2D eigenvalue weighted by atomic mass is 9.89. The minimum Gasteiger partial charge on any atom is -0.380 e. The summed E-state index contributed by atoms with van der Waals surface area (Å²) in [6.07, 6.45) is 1.85. The maximum absolute atomic E-state index is 12.9. The number of halogens is 1. The molecule has 1 N–H and O–H groups in total. The molecule has 3 aromatic carbocycles. The van der Waals surface area contributed by atoms with Crippen molar-refractivity contribution in [2.75, 3.05) is 27.8 Å². The number of nitrogens with zero attached hydrogens (tertiary/aromatic N) is 1. The second-order valence-electron chi connectivity index (χ2n) is 10.0. The van der Waals surface area contributed by atoms with Crippen molar-refractivity contribution in [2.45, 2.75) is 42.4 Å². The fourth-order valence-corrected chi connectivity index (χ4v) is 6.58. The van der Waals surface area contributed by atoms with E-state index in [4.69, 9.17) is 21.1 Å². The fourth-order valence-electron chi connectivity index (χ4n) is 5.39. The van der Waals surface area contributed by atoms with E-state index in [0.29, 0.717) is 11.4 Å². The first-order valence-electron chi connectivity index (χ1n) is 13.1. The van der Waals surface area contributed by atoms with Gasteiger partial charge < -0.3 is 14.4 Å². The fraction of sp³-hybridized carbons (Fsp3) is 0.355. The highest BCUT2D eigenvalue weighted by Crippen LogP contribution is 2.40. The quantitative estimate of drug-likeness (QED) is 0.289. The average Bonchev–Trinajstić information content (AvgIpc) is 3.33. The van der Waals surface area contributed by atoms with E-state index in [1.54, 1.807) is 26.4 Å². The van der Waals surface area contributed by atoms with Crippen LogP contribution in [0.3, 0.4) is 0 Å². The summed E-state index contributed by atoms with van der Waals surface area (Å²) in [6, 6.07) is 24.9. The van der Waals surface area contributed by atoms with Crippen LogP contribution in [-0.4, -0.2) is 53.3 Å². The van der Waals surface area contributed by atoms with Gasteiger partial charge in [-0.2, -0.15) is 0 Å². The summed E-state index contributed by atoms with van der Waals surface area (Å²) < 4.78 is 40.2. The molecule has 0 spiro atoms. The zero-order valence-corrected chi connectivity index (χ0v) is 24.3. The topological polar surface area (TPSA) is 67.9 Å². The molecule has 8 heteroatoms. The van der Waals surface area contributed by atoms with Crippen molar-refractivity contribution in [1.29, 1.82) is 0 Å². The molecule has 0 fully saturated rings.